The Labute approximate surface area is 157 Å². The number of fused-ring (bicyclic) bond motifs is 3. The lowest BCUT2D eigenvalue weighted by Gasteiger charge is -2.21. The monoisotopic (exact) mass is 404 g/mol. The Bertz CT molecular complexity index is 788. The Kier molecular flexibility index (Phi) is 6.65. The van der Waals surface area contributed by atoms with Crippen LogP contribution >= 0.6 is 31.3 Å². The van der Waals surface area contributed by atoms with E-state index in [1.54, 1.807) is 16.8 Å². The highest BCUT2D eigenvalue weighted by Gasteiger charge is 2.28. The molecule has 2 aromatic rings. The highest BCUT2D eigenvalue weighted by atomic mass is 35.5. The maximum atomic E-state index is 11.1. The Morgan fingerprint density at radius 3 is 2.68 bits per heavy atom. The molecule has 2 N–H and O–H groups in total. The molecule has 1 aromatic heterocycles. The van der Waals surface area contributed by atoms with Crippen LogP contribution in [0.5, 0.6) is 5.75 Å². The van der Waals surface area contributed by atoms with Crippen molar-refractivity contribution in [3.05, 3.63) is 33.6 Å². The van der Waals surface area contributed by atoms with E-state index in [1.165, 1.54) is 16.0 Å². The van der Waals surface area contributed by atoms with Crippen LogP contribution in [-0.4, -0.2) is 39.1 Å². The van der Waals surface area contributed by atoms with E-state index in [0.717, 1.165) is 37.3 Å². The normalized spacial score (nSPS) is 12.7. The van der Waals surface area contributed by atoms with Crippen LogP contribution in [-0.2, 0) is 17.5 Å². The molecule has 1 aliphatic carbocycles. The van der Waals surface area contributed by atoms with Gasteiger partial charge in [-0.2, -0.15) is 0 Å². The van der Waals surface area contributed by atoms with E-state index in [1.807, 2.05) is 12.1 Å². The SMILES string of the molecule is CCN(CC)Cc1ccc(OCP(=O)(O)O)c2c1Cc1scnc1-2.Cl. The molecule has 1 heterocycles. The molecule has 1 aromatic carbocycles. The van der Waals surface area contributed by atoms with Gasteiger partial charge in [-0.3, -0.25) is 9.46 Å². The molecule has 0 amide bonds. The fourth-order valence-electron chi connectivity index (χ4n) is 3.00. The molecule has 0 unspecified atom stereocenters. The summed E-state index contributed by atoms with van der Waals surface area (Å²) in [5.74, 6) is 0.501. The minimum absolute atomic E-state index is 0. The molecule has 0 saturated carbocycles. The quantitative estimate of drug-likeness (QED) is 0.586. The number of hydrogen-bond donors (Lipinski definition) is 2. The van der Waals surface area contributed by atoms with Crippen LogP contribution in [0, 0.1) is 0 Å². The van der Waals surface area contributed by atoms with Crippen molar-refractivity contribution in [3.63, 3.8) is 0 Å². The van der Waals surface area contributed by atoms with Gasteiger partial charge in [0.1, 0.15) is 5.75 Å². The first-order chi connectivity index (χ1) is 11.4. The Morgan fingerprint density at radius 2 is 2.04 bits per heavy atom. The second-order valence-electron chi connectivity index (χ2n) is 5.78. The molecular weight excluding hydrogens is 383 g/mol. The average molecular weight is 405 g/mol. The second kappa shape index (κ2) is 8.16. The summed E-state index contributed by atoms with van der Waals surface area (Å²) >= 11 is 1.61. The predicted octanol–water partition coefficient (Wildman–Crippen LogP) is 3.49. The van der Waals surface area contributed by atoms with Gasteiger partial charge in [0, 0.05) is 23.4 Å². The molecule has 9 heteroatoms. The average Bonchev–Trinajstić information content (AvgIpc) is 3.11. The molecule has 25 heavy (non-hydrogen) atoms. The third-order valence-electron chi connectivity index (χ3n) is 4.26. The smallest absolute Gasteiger partial charge is 0.362 e. The van der Waals surface area contributed by atoms with Crippen molar-refractivity contribution < 1.29 is 19.1 Å². The maximum Gasteiger partial charge on any atom is 0.362 e. The summed E-state index contributed by atoms with van der Waals surface area (Å²) in [6.07, 6.45) is 0.188. The molecule has 3 rings (SSSR count). The minimum Gasteiger partial charge on any atom is -0.480 e. The van der Waals surface area contributed by atoms with E-state index in [-0.39, 0.29) is 12.4 Å². The number of aromatic nitrogens is 1. The van der Waals surface area contributed by atoms with Gasteiger partial charge in [-0.05, 0) is 30.3 Å². The van der Waals surface area contributed by atoms with Crippen LogP contribution in [0.2, 0.25) is 0 Å². The van der Waals surface area contributed by atoms with Crippen LogP contribution in [0.1, 0.15) is 29.9 Å². The van der Waals surface area contributed by atoms with Gasteiger partial charge in [0.25, 0.3) is 0 Å². The van der Waals surface area contributed by atoms with Gasteiger partial charge in [-0.15, -0.1) is 23.7 Å². The highest BCUT2D eigenvalue weighted by molar-refractivity contribution is 7.51. The zero-order valence-electron chi connectivity index (χ0n) is 14.1. The number of halogens is 1. The van der Waals surface area contributed by atoms with E-state index >= 15 is 0 Å². The third-order valence-corrected chi connectivity index (χ3v) is 5.56. The van der Waals surface area contributed by atoms with E-state index < -0.39 is 13.9 Å². The molecule has 0 atom stereocenters. The van der Waals surface area contributed by atoms with E-state index in [9.17, 15) is 4.57 Å². The topological polar surface area (TPSA) is 82.9 Å². The molecular formula is C16H22ClN2O4PS. The number of thiazole rings is 1. The van der Waals surface area contributed by atoms with Gasteiger partial charge in [0.2, 0.25) is 0 Å². The van der Waals surface area contributed by atoms with Gasteiger partial charge in [-0.25, -0.2) is 4.98 Å². The summed E-state index contributed by atoms with van der Waals surface area (Å²) in [6, 6.07) is 3.81. The predicted molar refractivity (Wildman–Crippen MR) is 102 cm³/mol. The van der Waals surface area contributed by atoms with Gasteiger partial charge in [0.15, 0.2) is 6.35 Å². The van der Waals surface area contributed by atoms with Gasteiger partial charge < -0.3 is 14.5 Å². The molecule has 0 radical (unpaired) electrons. The molecule has 0 bridgehead atoms. The fourth-order valence-corrected chi connectivity index (χ4v) is 4.09. The first-order valence-electron chi connectivity index (χ1n) is 7.90. The van der Waals surface area contributed by atoms with Crippen LogP contribution < -0.4 is 4.74 Å². The van der Waals surface area contributed by atoms with Crippen LogP contribution in [0.3, 0.4) is 0 Å². The summed E-state index contributed by atoms with van der Waals surface area (Å²) in [5.41, 5.74) is 5.97. The number of ether oxygens (including phenoxy) is 1. The van der Waals surface area contributed by atoms with Gasteiger partial charge in [-0.1, -0.05) is 19.9 Å². The maximum absolute atomic E-state index is 11.1. The minimum atomic E-state index is -4.22. The number of nitrogens with zero attached hydrogens (tertiary/aromatic N) is 2. The third kappa shape index (κ3) is 4.42. The fraction of sp³-hybridized carbons (Fsp3) is 0.438. The zero-order valence-corrected chi connectivity index (χ0v) is 16.7. The number of benzene rings is 1. The van der Waals surface area contributed by atoms with Crippen molar-refractivity contribution in [2.45, 2.75) is 26.8 Å². The highest BCUT2D eigenvalue weighted by Crippen LogP contribution is 2.46. The first-order valence-corrected chi connectivity index (χ1v) is 10.6. The number of rotatable bonds is 7. The van der Waals surface area contributed by atoms with Crippen LogP contribution in [0.4, 0.5) is 0 Å². The van der Waals surface area contributed by atoms with Crippen molar-refractivity contribution in [2.75, 3.05) is 19.4 Å². The zero-order chi connectivity index (χ0) is 17.3. The van der Waals surface area contributed by atoms with Crippen molar-refractivity contribution in [3.8, 4) is 17.0 Å². The molecule has 0 spiro atoms. The Hall–Kier alpha value is -0.950. The van der Waals surface area contributed by atoms with E-state index in [2.05, 4.69) is 23.7 Å². The molecule has 6 nitrogen and oxygen atoms in total. The van der Waals surface area contributed by atoms with Crippen molar-refractivity contribution >= 4 is 31.3 Å². The summed E-state index contributed by atoms with van der Waals surface area (Å²) in [7, 11) is -4.22. The summed E-state index contributed by atoms with van der Waals surface area (Å²) in [5, 5.41) is 0. The lowest BCUT2D eigenvalue weighted by molar-refractivity contribution is 0.293. The van der Waals surface area contributed by atoms with Crippen molar-refractivity contribution in [2.24, 2.45) is 0 Å². The standard InChI is InChI=1S/C16H21N2O4PS.ClH/c1-3-18(4-2)8-11-5-6-13(22-10-23(19,20)21)15-12(11)7-14-16(15)17-9-24-14;/h5-6,9H,3-4,7-8,10H2,1-2H3,(H2,19,20,21);1H. The molecule has 1 aliphatic rings. The van der Waals surface area contributed by atoms with Crippen molar-refractivity contribution in [1.29, 1.82) is 0 Å². The van der Waals surface area contributed by atoms with E-state index in [4.69, 9.17) is 14.5 Å². The van der Waals surface area contributed by atoms with Crippen LogP contribution in [0.25, 0.3) is 11.3 Å². The van der Waals surface area contributed by atoms with E-state index in [0.29, 0.717) is 5.75 Å². The molecule has 138 valence electrons. The largest absolute Gasteiger partial charge is 0.480 e. The first kappa shape index (κ1) is 20.4. The molecule has 0 saturated heterocycles. The molecule has 0 fully saturated rings. The lowest BCUT2D eigenvalue weighted by Crippen LogP contribution is -2.22. The van der Waals surface area contributed by atoms with Crippen LogP contribution in [0.15, 0.2) is 17.6 Å². The Morgan fingerprint density at radius 1 is 1.32 bits per heavy atom. The van der Waals surface area contributed by atoms with Gasteiger partial charge in [0.05, 0.1) is 11.2 Å². The van der Waals surface area contributed by atoms with Gasteiger partial charge >= 0.3 is 7.60 Å². The lowest BCUT2D eigenvalue weighted by atomic mass is 10.0. The Balaban J connectivity index is 0.00000225. The van der Waals surface area contributed by atoms with Crippen molar-refractivity contribution in [1.82, 2.24) is 9.88 Å². The second-order valence-corrected chi connectivity index (χ2v) is 8.30. The summed E-state index contributed by atoms with van der Waals surface area (Å²) in [4.78, 5) is 26.1. The summed E-state index contributed by atoms with van der Waals surface area (Å²) in [6.45, 7) is 7.08. The molecule has 0 aliphatic heterocycles. The number of hydrogen-bond acceptors (Lipinski definition) is 5. The summed E-state index contributed by atoms with van der Waals surface area (Å²) < 4.78 is 16.6.